The highest BCUT2D eigenvalue weighted by molar-refractivity contribution is 5.77. The zero-order valence-electron chi connectivity index (χ0n) is 13.4. The lowest BCUT2D eigenvalue weighted by Crippen LogP contribution is -2.07. The first-order valence-electron chi connectivity index (χ1n) is 8.01. The highest BCUT2D eigenvalue weighted by atomic mass is 16.5. The number of ether oxygens (including phenoxy) is 1. The van der Waals surface area contributed by atoms with Crippen molar-refractivity contribution in [2.24, 2.45) is 5.73 Å². The third-order valence-electron chi connectivity index (χ3n) is 3.51. The molecule has 1 aromatic carbocycles. The summed E-state index contributed by atoms with van der Waals surface area (Å²) in [5.74, 6) is 2.04. The molecule has 0 aliphatic rings. The topological polar surface area (TPSA) is 53.1 Å². The summed E-state index contributed by atoms with van der Waals surface area (Å²) in [5, 5.41) is 0. The molecule has 0 amide bonds. The number of hydrogen-bond acceptors (Lipinski definition) is 3. The molecule has 0 spiro atoms. The SMILES string of the molecule is CCCCn1c(CCCN)nc2cc(OC(C)C)ccc21. The van der Waals surface area contributed by atoms with Crippen molar-refractivity contribution in [3.8, 4) is 5.75 Å². The first-order valence-corrected chi connectivity index (χ1v) is 8.01. The van der Waals surface area contributed by atoms with E-state index in [4.69, 9.17) is 15.5 Å². The molecular weight excluding hydrogens is 262 g/mol. The van der Waals surface area contributed by atoms with Gasteiger partial charge in [-0.15, -0.1) is 0 Å². The van der Waals surface area contributed by atoms with E-state index in [0.29, 0.717) is 6.54 Å². The molecule has 1 heterocycles. The van der Waals surface area contributed by atoms with E-state index in [2.05, 4.69) is 17.6 Å². The summed E-state index contributed by atoms with van der Waals surface area (Å²) in [6, 6.07) is 6.21. The Bertz CT molecular complexity index is 575. The second kappa shape index (κ2) is 7.46. The molecule has 0 radical (unpaired) electrons. The Morgan fingerprint density at radius 3 is 2.76 bits per heavy atom. The number of unbranched alkanes of at least 4 members (excludes halogenated alkanes) is 1. The summed E-state index contributed by atoms with van der Waals surface area (Å²) < 4.78 is 8.11. The van der Waals surface area contributed by atoms with Gasteiger partial charge < -0.3 is 15.0 Å². The predicted octanol–water partition coefficient (Wildman–Crippen LogP) is 3.51. The summed E-state index contributed by atoms with van der Waals surface area (Å²) in [6.45, 7) is 8.02. The summed E-state index contributed by atoms with van der Waals surface area (Å²) in [7, 11) is 0. The fourth-order valence-corrected chi connectivity index (χ4v) is 2.52. The predicted molar refractivity (Wildman–Crippen MR) is 87.8 cm³/mol. The van der Waals surface area contributed by atoms with Gasteiger partial charge in [0, 0.05) is 19.0 Å². The Morgan fingerprint density at radius 1 is 1.29 bits per heavy atom. The van der Waals surface area contributed by atoms with Gasteiger partial charge in [0.25, 0.3) is 0 Å². The largest absolute Gasteiger partial charge is 0.491 e. The molecule has 2 N–H and O–H groups in total. The van der Waals surface area contributed by atoms with Crippen LogP contribution in [0.5, 0.6) is 5.75 Å². The van der Waals surface area contributed by atoms with E-state index in [-0.39, 0.29) is 6.10 Å². The number of aryl methyl sites for hydroxylation is 2. The van der Waals surface area contributed by atoms with Crippen LogP contribution >= 0.6 is 0 Å². The zero-order chi connectivity index (χ0) is 15.2. The van der Waals surface area contributed by atoms with Crippen molar-refractivity contribution < 1.29 is 4.74 Å². The van der Waals surface area contributed by atoms with Crippen molar-refractivity contribution in [1.82, 2.24) is 9.55 Å². The van der Waals surface area contributed by atoms with Crippen molar-refractivity contribution in [2.45, 2.75) is 59.1 Å². The highest BCUT2D eigenvalue weighted by Gasteiger charge is 2.11. The van der Waals surface area contributed by atoms with Crippen molar-refractivity contribution in [1.29, 1.82) is 0 Å². The number of nitrogens with zero attached hydrogens (tertiary/aromatic N) is 2. The fourth-order valence-electron chi connectivity index (χ4n) is 2.52. The summed E-state index contributed by atoms with van der Waals surface area (Å²) in [6.07, 6.45) is 4.46. The molecule has 21 heavy (non-hydrogen) atoms. The van der Waals surface area contributed by atoms with Gasteiger partial charge in [-0.05, 0) is 45.4 Å². The van der Waals surface area contributed by atoms with Crippen LogP contribution in [0.2, 0.25) is 0 Å². The minimum absolute atomic E-state index is 0.182. The van der Waals surface area contributed by atoms with Crippen molar-refractivity contribution in [3.63, 3.8) is 0 Å². The van der Waals surface area contributed by atoms with Gasteiger partial charge in [0.15, 0.2) is 0 Å². The van der Waals surface area contributed by atoms with E-state index in [1.807, 2.05) is 26.0 Å². The lowest BCUT2D eigenvalue weighted by molar-refractivity contribution is 0.242. The Kier molecular flexibility index (Phi) is 5.62. The maximum atomic E-state index is 5.76. The number of hydrogen-bond donors (Lipinski definition) is 1. The molecule has 0 saturated carbocycles. The Morgan fingerprint density at radius 2 is 2.10 bits per heavy atom. The van der Waals surface area contributed by atoms with Gasteiger partial charge in [-0.3, -0.25) is 0 Å². The van der Waals surface area contributed by atoms with Crippen LogP contribution in [-0.4, -0.2) is 22.2 Å². The smallest absolute Gasteiger partial charge is 0.121 e. The second-order valence-electron chi connectivity index (χ2n) is 5.74. The molecule has 4 heteroatoms. The minimum atomic E-state index is 0.182. The number of nitrogens with two attached hydrogens (primary N) is 1. The molecule has 2 rings (SSSR count). The lowest BCUT2D eigenvalue weighted by Gasteiger charge is -2.10. The average molecular weight is 289 g/mol. The van der Waals surface area contributed by atoms with Gasteiger partial charge in [0.2, 0.25) is 0 Å². The number of fused-ring (bicyclic) bond motifs is 1. The van der Waals surface area contributed by atoms with Crippen LogP contribution in [0.15, 0.2) is 18.2 Å². The van der Waals surface area contributed by atoms with E-state index in [0.717, 1.165) is 36.5 Å². The molecule has 0 fully saturated rings. The number of rotatable bonds is 8. The van der Waals surface area contributed by atoms with Crippen molar-refractivity contribution in [3.05, 3.63) is 24.0 Å². The van der Waals surface area contributed by atoms with Gasteiger partial charge in [-0.1, -0.05) is 13.3 Å². The third kappa shape index (κ3) is 3.97. The van der Waals surface area contributed by atoms with E-state index in [1.54, 1.807) is 0 Å². The third-order valence-corrected chi connectivity index (χ3v) is 3.51. The molecule has 4 nitrogen and oxygen atoms in total. The standard InChI is InChI=1S/C17H27N3O/c1-4-5-11-20-16-9-8-14(21-13(2)3)12-15(16)19-17(20)7-6-10-18/h8-9,12-13H,4-7,10-11,18H2,1-3H3. The van der Waals surface area contributed by atoms with Crippen LogP contribution in [-0.2, 0) is 13.0 Å². The van der Waals surface area contributed by atoms with Gasteiger partial charge in [-0.25, -0.2) is 4.98 Å². The van der Waals surface area contributed by atoms with E-state index in [1.165, 1.54) is 18.4 Å². The summed E-state index contributed by atoms with van der Waals surface area (Å²) in [4.78, 5) is 4.80. The van der Waals surface area contributed by atoms with Crippen molar-refractivity contribution in [2.75, 3.05) is 6.54 Å². The van der Waals surface area contributed by atoms with E-state index >= 15 is 0 Å². The Labute approximate surface area is 127 Å². The molecule has 0 aliphatic carbocycles. The monoisotopic (exact) mass is 289 g/mol. The molecule has 116 valence electrons. The van der Waals surface area contributed by atoms with Crippen molar-refractivity contribution >= 4 is 11.0 Å². The van der Waals surface area contributed by atoms with E-state index in [9.17, 15) is 0 Å². The van der Waals surface area contributed by atoms with Gasteiger partial charge in [0.05, 0.1) is 17.1 Å². The van der Waals surface area contributed by atoms with Crippen LogP contribution in [0.25, 0.3) is 11.0 Å². The molecule has 1 aromatic heterocycles. The zero-order valence-corrected chi connectivity index (χ0v) is 13.4. The minimum Gasteiger partial charge on any atom is -0.491 e. The fraction of sp³-hybridized carbons (Fsp3) is 0.588. The molecule has 0 atom stereocenters. The van der Waals surface area contributed by atoms with Crippen LogP contribution in [0.1, 0.15) is 45.9 Å². The first kappa shape index (κ1) is 15.8. The molecule has 0 aliphatic heterocycles. The summed E-state index contributed by atoms with van der Waals surface area (Å²) >= 11 is 0. The molecule has 0 saturated heterocycles. The van der Waals surface area contributed by atoms with Crippen LogP contribution < -0.4 is 10.5 Å². The number of benzene rings is 1. The quantitative estimate of drug-likeness (QED) is 0.809. The second-order valence-corrected chi connectivity index (χ2v) is 5.74. The maximum Gasteiger partial charge on any atom is 0.121 e. The Balaban J connectivity index is 2.35. The highest BCUT2D eigenvalue weighted by Crippen LogP contribution is 2.24. The average Bonchev–Trinajstić information content (AvgIpc) is 2.79. The van der Waals surface area contributed by atoms with Gasteiger partial charge in [-0.2, -0.15) is 0 Å². The lowest BCUT2D eigenvalue weighted by atomic mass is 10.2. The van der Waals surface area contributed by atoms with Gasteiger partial charge >= 0.3 is 0 Å². The maximum absolute atomic E-state index is 5.76. The molecular formula is C17H27N3O. The van der Waals surface area contributed by atoms with Crippen LogP contribution in [0.4, 0.5) is 0 Å². The Hall–Kier alpha value is -1.55. The molecule has 2 aromatic rings. The first-order chi connectivity index (χ1) is 10.2. The van der Waals surface area contributed by atoms with Crippen LogP contribution in [0, 0.1) is 0 Å². The van der Waals surface area contributed by atoms with E-state index < -0.39 is 0 Å². The van der Waals surface area contributed by atoms with Gasteiger partial charge in [0.1, 0.15) is 11.6 Å². The normalized spacial score (nSPS) is 11.5. The molecule has 0 unspecified atom stereocenters. The number of aromatic nitrogens is 2. The summed E-state index contributed by atoms with van der Waals surface area (Å²) in [5.41, 5.74) is 7.87. The number of imidazole rings is 1. The molecule has 0 bridgehead atoms. The van der Waals surface area contributed by atoms with Crippen LogP contribution in [0.3, 0.4) is 0 Å².